The average Bonchev–Trinajstić information content (AvgIpc) is 2.59. The highest BCUT2D eigenvalue weighted by Crippen LogP contribution is 2.19. The fourth-order valence-electron chi connectivity index (χ4n) is 2.70. The van der Waals surface area contributed by atoms with Crippen LogP contribution in [0, 0.1) is 12.8 Å². The molecular weight excluding hydrogens is 336 g/mol. The third kappa shape index (κ3) is 6.66. The van der Waals surface area contributed by atoms with Crippen molar-refractivity contribution < 1.29 is 4.79 Å². The van der Waals surface area contributed by atoms with Gasteiger partial charge in [-0.05, 0) is 44.7 Å². The van der Waals surface area contributed by atoms with Gasteiger partial charge < -0.3 is 10.2 Å². The summed E-state index contributed by atoms with van der Waals surface area (Å²) in [5, 5.41) is 2.98. The zero-order valence-corrected chi connectivity index (χ0v) is 17.8. The summed E-state index contributed by atoms with van der Waals surface area (Å²) < 4.78 is 0. The van der Waals surface area contributed by atoms with E-state index in [0.29, 0.717) is 12.1 Å². The molecule has 0 aliphatic rings. The number of rotatable bonds is 9. The van der Waals surface area contributed by atoms with Crippen molar-refractivity contribution in [2.75, 3.05) is 18.5 Å². The van der Waals surface area contributed by atoms with Gasteiger partial charge in [0.05, 0.1) is 17.8 Å². The van der Waals surface area contributed by atoms with Crippen LogP contribution in [0.4, 0.5) is 5.82 Å². The number of nitrogens with zero attached hydrogens (tertiary/aromatic N) is 3. The van der Waals surface area contributed by atoms with Gasteiger partial charge in [0.1, 0.15) is 5.82 Å². The second-order valence-electron chi connectivity index (χ2n) is 7.28. The molecule has 0 aromatic carbocycles. The van der Waals surface area contributed by atoms with Crippen molar-refractivity contribution >= 4 is 17.4 Å². The Kier molecular flexibility index (Phi) is 8.92. The molecule has 5 heteroatoms. The topological polar surface area (TPSA) is 57.6 Å². The summed E-state index contributed by atoms with van der Waals surface area (Å²) >= 11 is 0. The summed E-state index contributed by atoms with van der Waals surface area (Å²) in [7, 11) is 1.94. The first-order valence-corrected chi connectivity index (χ1v) is 9.57. The number of pyridine rings is 1. The van der Waals surface area contributed by atoms with Crippen LogP contribution in [0.5, 0.6) is 0 Å². The Balaban J connectivity index is 3.07. The molecule has 1 amide bonds. The first-order chi connectivity index (χ1) is 12.7. The van der Waals surface area contributed by atoms with Crippen molar-refractivity contribution in [2.24, 2.45) is 10.9 Å². The first-order valence-electron chi connectivity index (χ1n) is 9.57. The van der Waals surface area contributed by atoms with E-state index in [2.05, 4.69) is 30.7 Å². The van der Waals surface area contributed by atoms with Gasteiger partial charge in [0.25, 0.3) is 5.91 Å². The van der Waals surface area contributed by atoms with E-state index >= 15 is 0 Å². The first kappa shape index (κ1) is 22.6. The summed E-state index contributed by atoms with van der Waals surface area (Å²) in [6, 6.07) is 4.02. The lowest BCUT2D eigenvalue weighted by Gasteiger charge is -2.22. The van der Waals surface area contributed by atoms with E-state index in [4.69, 9.17) is 4.99 Å². The highest BCUT2D eigenvalue weighted by atomic mass is 16.1. The van der Waals surface area contributed by atoms with Crippen LogP contribution in [0.25, 0.3) is 0 Å². The molecule has 0 bridgehead atoms. The summed E-state index contributed by atoms with van der Waals surface area (Å²) in [4.78, 5) is 23.8. The van der Waals surface area contributed by atoms with Gasteiger partial charge in [-0.2, -0.15) is 0 Å². The lowest BCUT2D eigenvalue weighted by Crippen LogP contribution is -2.35. The largest absolute Gasteiger partial charge is 0.350 e. The average molecular weight is 371 g/mol. The second-order valence-corrected chi connectivity index (χ2v) is 7.28. The van der Waals surface area contributed by atoms with Crippen molar-refractivity contribution in [1.82, 2.24) is 10.3 Å². The predicted octanol–water partition coefficient (Wildman–Crippen LogP) is 4.30. The molecule has 1 aromatic heterocycles. The van der Waals surface area contributed by atoms with E-state index in [1.807, 2.05) is 57.9 Å². The van der Waals surface area contributed by atoms with Gasteiger partial charge in [-0.15, -0.1) is 0 Å². The molecule has 0 aliphatic heterocycles. The van der Waals surface area contributed by atoms with Crippen molar-refractivity contribution in [3.8, 4) is 0 Å². The quantitative estimate of drug-likeness (QED) is 0.521. The molecule has 0 fully saturated rings. The maximum absolute atomic E-state index is 12.6. The van der Waals surface area contributed by atoms with E-state index in [1.165, 1.54) is 0 Å². The number of anilines is 1. The molecule has 0 atom stereocenters. The van der Waals surface area contributed by atoms with Crippen LogP contribution in [0.1, 0.15) is 46.6 Å². The number of aromatic nitrogens is 1. The molecule has 27 heavy (non-hydrogen) atoms. The zero-order chi connectivity index (χ0) is 20.6. The van der Waals surface area contributed by atoms with Crippen LogP contribution in [0.15, 0.2) is 47.2 Å². The number of amides is 1. The normalized spacial score (nSPS) is 12.5. The van der Waals surface area contributed by atoms with Gasteiger partial charge in [-0.3, -0.25) is 9.79 Å². The van der Waals surface area contributed by atoms with Crippen LogP contribution < -0.4 is 10.2 Å². The van der Waals surface area contributed by atoms with Crippen LogP contribution in [0.2, 0.25) is 0 Å². The van der Waals surface area contributed by atoms with Gasteiger partial charge in [0.2, 0.25) is 0 Å². The minimum Gasteiger partial charge on any atom is -0.350 e. The summed E-state index contributed by atoms with van der Waals surface area (Å²) in [6.07, 6.45) is 4.50. The highest BCUT2D eigenvalue weighted by Gasteiger charge is 2.19. The van der Waals surface area contributed by atoms with E-state index in [-0.39, 0.29) is 17.9 Å². The zero-order valence-electron chi connectivity index (χ0n) is 17.8. The van der Waals surface area contributed by atoms with E-state index < -0.39 is 0 Å². The number of aliphatic imine (C=N–C) groups is 1. The Labute approximate surface area is 164 Å². The molecular formula is C22H34N4O. The minimum absolute atomic E-state index is 0.0705. The standard InChI is InChI=1S/C22H34N4O/c1-9-11-19(22(27)25-16(4)5)20(15(2)3)24-14-18(7)26(8)21-17(6)12-10-13-23-21/h10-13,15-16H,7,9,14H2,1-6,8H3,(H,25,27)/b19-11+,24-20?. The molecule has 148 valence electrons. The molecule has 0 radical (unpaired) electrons. The molecule has 1 rings (SSSR count). The van der Waals surface area contributed by atoms with E-state index in [0.717, 1.165) is 29.2 Å². The number of hydrogen-bond donors (Lipinski definition) is 1. The molecule has 1 heterocycles. The van der Waals surface area contributed by atoms with Gasteiger partial charge >= 0.3 is 0 Å². The Bertz CT molecular complexity index is 717. The molecule has 5 nitrogen and oxygen atoms in total. The van der Waals surface area contributed by atoms with Crippen LogP contribution in [-0.4, -0.2) is 36.2 Å². The SMILES string of the molecule is C=C(CN=C(/C(=C\CC)C(=O)NC(C)C)C(C)C)N(C)c1ncccc1C. The highest BCUT2D eigenvalue weighted by molar-refractivity contribution is 6.22. The second kappa shape index (κ2) is 10.7. The summed E-state index contributed by atoms with van der Waals surface area (Å²) in [5.74, 6) is 0.930. The maximum atomic E-state index is 12.6. The molecule has 0 spiro atoms. The number of allylic oxidation sites excluding steroid dienone is 1. The van der Waals surface area contributed by atoms with Crippen LogP contribution in [0.3, 0.4) is 0 Å². The third-order valence-corrected chi connectivity index (χ3v) is 4.10. The maximum Gasteiger partial charge on any atom is 0.252 e. The molecule has 0 aliphatic carbocycles. The smallest absolute Gasteiger partial charge is 0.252 e. The Hall–Kier alpha value is -2.43. The minimum atomic E-state index is -0.0705. The van der Waals surface area contributed by atoms with Crippen molar-refractivity contribution in [3.05, 3.63) is 47.8 Å². The van der Waals surface area contributed by atoms with Crippen molar-refractivity contribution in [2.45, 2.75) is 54.0 Å². The fraction of sp³-hybridized carbons (Fsp3) is 0.500. The van der Waals surface area contributed by atoms with Crippen molar-refractivity contribution in [3.63, 3.8) is 0 Å². The molecule has 1 aromatic rings. The van der Waals surface area contributed by atoms with Crippen LogP contribution >= 0.6 is 0 Å². The van der Waals surface area contributed by atoms with Crippen molar-refractivity contribution in [1.29, 1.82) is 0 Å². The lowest BCUT2D eigenvalue weighted by atomic mass is 9.97. The van der Waals surface area contributed by atoms with Gasteiger partial charge in [0, 0.05) is 25.0 Å². The Morgan fingerprint density at radius 3 is 2.56 bits per heavy atom. The van der Waals surface area contributed by atoms with E-state index in [1.54, 1.807) is 6.20 Å². The lowest BCUT2D eigenvalue weighted by molar-refractivity contribution is -0.117. The predicted molar refractivity (Wildman–Crippen MR) is 115 cm³/mol. The number of carbonyl (C=O) groups excluding carboxylic acids is 1. The van der Waals surface area contributed by atoms with E-state index in [9.17, 15) is 4.79 Å². The fourth-order valence-corrected chi connectivity index (χ4v) is 2.70. The van der Waals surface area contributed by atoms with Gasteiger partial charge in [-0.25, -0.2) is 4.98 Å². The summed E-state index contributed by atoms with van der Waals surface area (Å²) in [6.45, 7) is 16.6. The number of nitrogens with one attached hydrogen (secondary N) is 1. The molecule has 0 unspecified atom stereocenters. The Morgan fingerprint density at radius 2 is 2.04 bits per heavy atom. The van der Waals surface area contributed by atoms with Gasteiger partial charge in [-0.1, -0.05) is 39.5 Å². The monoisotopic (exact) mass is 370 g/mol. The Morgan fingerprint density at radius 1 is 1.37 bits per heavy atom. The molecule has 0 saturated heterocycles. The third-order valence-electron chi connectivity index (χ3n) is 4.10. The summed E-state index contributed by atoms with van der Waals surface area (Å²) in [5.41, 5.74) is 3.38. The number of likely N-dealkylation sites (N-methyl/N-ethyl adjacent to an activating group) is 1. The van der Waals surface area contributed by atoms with Crippen LogP contribution in [-0.2, 0) is 4.79 Å². The number of aryl methyl sites for hydroxylation is 1. The van der Waals surface area contributed by atoms with Gasteiger partial charge in [0.15, 0.2) is 0 Å². The number of carbonyl (C=O) groups is 1. The molecule has 0 saturated carbocycles. The number of hydrogen-bond acceptors (Lipinski definition) is 4. The molecule has 1 N–H and O–H groups in total.